The highest BCUT2D eigenvalue weighted by Gasteiger charge is 2.25. The standard InChI is InChI=1S/C9H13ClN4O2/c1-6(10)8-11-12-9(16-8)14-4-3-13(2)7(15)5-14/h6H,3-5H2,1-2H3. The predicted octanol–water partition coefficient (Wildman–Crippen LogP) is 0.648. The van der Waals surface area contributed by atoms with E-state index in [4.69, 9.17) is 16.0 Å². The second-order valence-electron chi connectivity index (χ2n) is 3.78. The van der Waals surface area contributed by atoms with E-state index in [0.717, 1.165) is 0 Å². The number of rotatable bonds is 2. The summed E-state index contributed by atoms with van der Waals surface area (Å²) in [7, 11) is 1.78. The van der Waals surface area contributed by atoms with Crippen molar-refractivity contribution < 1.29 is 9.21 Å². The quantitative estimate of drug-likeness (QED) is 0.715. The Kier molecular flexibility index (Phi) is 3.00. The largest absolute Gasteiger partial charge is 0.406 e. The van der Waals surface area contributed by atoms with E-state index < -0.39 is 0 Å². The van der Waals surface area contributed by atoms with Gasteiger partial charge >= 0.3 is 6.01 Å². The minimum absolute atomic E-state index is 0.0462. The van der Waals surface area contributed by atoms with Gasteiger partial charge in [0.2, 0.25) is 11.8 Å². The first-order valence-corrected chi connectivity index (χ1v) is 5.48. The van der Waals surface area contributed by atoms with Gasteiger partial charge in [-0.25, -0.2) is 0 Å². The molecule has 1 aromatic rings. The lowest BCUT2D eigenvalue weighted by Gasteiger charge is -2.30. The van der Waals surface area contributed by atoms with Crippen LogP contribution in [0.4, 0.5) is 6.01 Å². The molecule has 1 aliphatic rings. The van der Waals surface area contributed by atoms with Gasteiger partial charge in [0.1, 0.15) is 11.9 Å². The molecule has 1 aliphatic heterocycles. The Morgan fingerprint density at radius 2 is 2.19 bits per heavy atom. The highest BCUT2D eigenvalue weighted by atomic mass is 35.5. The molecule has 2 rings (SSSR count). The van der Waals surface area contributed by atoms with Gasteiger partial charge in [-0.1, -0.05) is 5.10 Å². The fourth-order valence-corrected chi connectivity index (χ4v) is 1.52. The summed E-state index contributed by atoms with van der Waals surface area (Å²) in [6, 6.07) is 0.365. The molecule has 0 bridgehead atoms. The zero-order valence-electron chi connectivity index (χ0n) is 9.18. The maximum atomic E-state index is 11.5. The number of aromatic nitrogens is 2. The fourth-order valence-electron chi connectivity index (χ4n) is 1.44. The Labute approximate surface area is 98.2 Å². The first-order valence-electron chi connectivity index (χ1n) is 5.04. The van der Waals surface area contributed by atoms with Crippen LogP contribution in [-0.2, 0) is 4.79 Å². The van der Waals surface area contributed by atoms with Crippen molar-refractivity contribution in [3.63, 3.8) is 0 Å². The topological polar surface area (TPSA) is 62.5 Å². The number of amides is 1. The average Bonchev–Trinajstić information content (AvgIpc) is 2.71. The third kappa shape index (κ3) is 2.11. The number of hydrogen-bond donors (Lipinski definition) is 0. The van der Waals surface area contributed by atoms with Crippen LogP contribution in [0.3, 0.4) is 0 Å². The summed E-state index contributed by atoms with van der Waals surface area (Å²) in [5, 5.41) is 7.38. The first kappa shape index (κ1) is 11.2. The fraction of sp³-hybridized carbons (Fsp3) is 0.667. The minimum atomic E-state index is -0.315. The SMILES string of the molecule is CC(Cl)c1nnc(N2CCN(C)C(=O)C2)o1. The maximum Gasteiger partial charge on any atom is 0.318 e. The van der Waals surface area contributed by atoms with Crippen LogP contribution in [0.5, 0.6) is 0 Å². The molecule has 1 atom stereocenters. The number of alkyl halides is 1. The lowest BCUT2D eigenvalue weighted by atomic mass is 10.3. The van der Waals surface area contributed by atoms with Gasteiger partial charge in [-0.15, -0.1) is 16.7 Å². The van der Waals surface area contributed by atoms with Crippen LogP contribution in [-0.4, -0.2) is 47.7 Å². The molecule has 2 heterocycles. The number of anilines is 1. The van der Waals surface area contributed by atoms with Gasteiger partial charge < -0.3 is 14.2 Å². The molecular weight excluding hydrogens is 232 g/mol. The molecule has 7 heteroatoms. The van der Waals surface area contributed by atoms with Crippen molar-refractivity contribution in [1.29, 1.82) is 0 Å². The van der Waals surface area contributed by atoms with E-state index in [1.165, 1.54) is 0 Å². The lowest BCUT2D eigenvalue weighted by molar-refractivity contribution is -0.129. The molecule has 0 radical (unpaired) electrons. The highest BCUT2D eigenvalue weighted by molar-refractivity contribution is 6.20. The number of nitrogens with zero attached hydrogens (tertiary/aromatic N) is 4. The van der Waals surface area contributed by atoms with Crippen LogP contribution in [0.1, 0.15) is 18.2 Å². The summed E-state index contributed by atoms with van der Waals surface area (Å²) in [6.45, 7) is 3.39. The molecule has 16 heavy (non-hydrogen) atoms. The van der Waals surface area contributed by atoms with Crippen molar-refractivity contribution in [3.05, 3.63) is 5.89 Å². The maximum absolute atomic E-state index is 11.5. The van der Waals surface area contributed by atoms with Crippen LogP contribution in [0.2, 0.25) is 0 Å². The van der Waals surface area contributed by atoms with Crippen molar-refractivity contribution in [2.75, 3.05) is 31.6 Å². The van der Waals surface area contributed by atoms with Crippen LogP contribution < -0.4 is 4.90 Å². The predicted molar refractivity (Wildman–Crippen MR) is 58.4 cm³/mol. The molecule has 1 unspecified atom stereocenters. The number of likely N-dealkylation sites (N-methyl/N-ethyl adjacent to an activating group) is 1. The number of carbonyl (C=O) groups is 1. The second-order valence-corrected chi connectivity index (χ2v) is 4.43. The molecule has 0 aliphatic carbocycles. The van der Waals surface area contributed by atoms with Gasteiger partial charge in [-0.3, -0.25) is 4.79 Å². The Morgan fingerprint density at radius 1 is 1.44 bits per heavy atom. The Morgan fingerprint density at radius 3 is 2.75 bits per heavy atom. The molecule has 0 N–H and O–H groups in total. The number of piperazine rings is 1. The van der Waals surface area contributed by atoms with Crippen LogP contribution in [0.25, 0.3) is 0 Å². The van der Waals surface area contributed by atoms with Gasteiger partial charge in [0.05, 0.1) is 0 Å². The normalized spacial score (nSPS) is 19.1. The summed E-state index contributed by atoms with van der Waals surface area (Å²) < 4.78 is 5.37. The zero-order valence-corrected chi connectivity index (χ0v) is 9.94. The van der Waals surface area contributed by atoms with Crippen LogP contribution in [0.15, 0.2) is 4.42 Å². The summed E-state index contributed by atoms with van der Waals surface area (Å²) in [5.41, 5.74) is 0. The molecule has 0 saturated carbocycles. The van der Waals surface area contributed by atoms with E-state index in [1.807, 2.05) is 0 Å². The molecule has 88 valence electrons. The number of halogens is 1. The zero-order chi connectivity index (χ0) is 11.7. The third-order valence-electron chi connectivity index (χ3n) is 2.50. The smallest absolute Gasteiger partial charge is 0.318 e. The van der Waals surface area contributed by atoms with E-state index >= 15 is 0 Å². The minimum Gasteiger partial charge on any atom is -0.406 e. The molecule has 1 fully saturated rings. The summed E-state index contributed by atoms with van der Waals surface area (Å²) in [5.74, 6) is 0.424. The molecular formula is C9H13ClN4O2. The van der Waals surface area contributed by atoms with Gasteiger partial charge in [0.15, 0.2) is 0 Å². The molecule has 6 nitrogen and oxygen atoms in total. The van der Waals surface area contributed by atoms with E-state index in [1.54, 1.807) is 23.8 Å². The molecule has 0 aromatic carbocycles. The summed E-state index contributed by atoms with van der Waals surface area (Å²) >= 11 is 5.82. The van der Waals surface area contributed by atoms with Crippen molar-refractivity contribution in [3.8, 4) is 0 Å². The Bertz CT molecular complexity index is 393. The average molecular weight is 245 g/mol. The van der Waals surface area contributed by atoms with Crippen molar-refractivity contribution in [2.45, 2.75) is 12.3 Å². The van der Waals surface area contributed by atoms with Gasteiger partial charge in [-0.05, 0) is 6.92 Å². The second kappa shape index (κ2) is 4.29. The molecule has 1 amide bonds. The van der Waals surface area contributed by atoms with Crippen LogP contribution >= 0.6 is 11.6 Å². The molecule has 1 saturated heterocycles. The third-order valence-corrected chi connectivity index (χ3v) is 2.68. The van der Waals surface area contributed by atoms with Crippen molar-refractivity contribution in [1.82, 2.24) is 15.1 Å². The van der Waals surface area contributed by atoms with Gasteiger partial charge in [-0.2, -0.15) is 0 Å². The molecule has 1 aromatic heterocycles. The van der Waals surface area contributed by atoms with Crippen LogP contribution in [0, 0.1) is 0 Å². The Balaban J connectivity index is 2.09. The Hall–Kier alpha value is -1.30. The highest BCUT2D eigenvalue weighted by Crippen LogP contribution is 2.22. The van der Waals surface area contributed by atoms with Gasteiger partial charge in [0.25, 0.3) is 0 Å². The van der Waals surface area contributed by atoms with Crippen molar-refractivity contribution in [2.24, 2.45) is 0 Å². The van der Waals surface area contributed by atoms with E-state index in [-0.39, 0.29) is 17.8 Å². The van der Waals surface area contributed by atoms with E-state index in [0.29, 0.717) is 25.0 Å². The first-order chi connectivity index (χ1) is 7.58. The molecule has 0 spiro atoms. The van der Waals surface area contributed by atoms with E-state index in [2.05, 4.69) is 10.2 Å². The van der Waals surface area contributed by atoms with E-state index in [9.17, 15) is 4.79 Å². The number of carbonyl (C=O) groups excluding carboxylic acids is 1. The monoisotopic (exact) mass is 244 g/mol. The van der Waals surface area contributed by atoms with Gasteiger partial charge in [0, 0.05) is 20.1 Å². The number of hydrogen-bond acceptors (Lipinski definition) is 5. The summed E-state index contributed by atoms with van der Waals surface area (Å²) in [4.78, 5) is 14.9. The summed E-state index contributed by atoms with van der Waals surface area (Å²) in [6.07, 6.45) is 0. The lowest BCUT2D eigenvalue weighted by Crippen LogP contribution is -2.48. The van der Waals surface area contributed by atoms with Crippen molar-refractivity contribution >= 4 is 23.5 Å².